The van der Waals surface area contributed by atoms with E-state index in [-0.39, 0.29) is 0 Å². The van der Waals surface area contributed by atoms with E-state index in [0.717, 1.165) is 28.5 Å². The highest BCUT2D eigenvalue weighted by atomic mass is 35.5. The van der Waals surface area contributed by atoms with Crippen LogP contribution in [-0.4, -0.2) is 14.2 Å². The topological polar surface area (TPSA) is 54.5 Å². The lowest BCUT2D eigenvalue weighted by molar-refractivity contribution is 0.390. The monoisotopic (exact) mass is 295 g/mol. The number of benzene rings is 1. The van der Waals surface area contributed by atoms with E-state index in [1.165, 1.54) is 0 Å². The summed E-state index contributed by atoms with van der Waals surface area (Å²) in [5.41, 5.74) is 7.92. The Labute approximate surface area is 123 Å². The smallest absolute Gasteiger partial charge is 0.127 e. The van der Waals surface area contributed by atoms with Crippen molar-refractivity contribution >= 4 is 11.6 Å². The number of methoxy groups -OCH3 is 2. The molecule has 1 aromatic rings. The van der Waals surface area contributed by atoms with E-state index < -0.39 is 0 Å². The average Bonchev–Trinajstić information content (AvgIpc) is 2.46. The van der Waals surface area contributed by atoms with Crippen LogP contribution in [0.25, 0.3) is 0 Å². The highest BCUT2D eigenvalue weighted by Crippen LogP contribution is 2.24. The molecule has 2 rings (SSSR count). The molecule has 0 bridgehead atoms. The van der Waals surface area contributed by atoms with Crippen molar-refractivity contribution in [2.75, 3.05) is 14.2 Å². The van der Waals surface area contributed by atoms with Gasteiger partial charge in [-0.25, -0.2) is 0 Å². The SMILES string of the molecule is COc1ccc(CNC2=C(C)C=C(Cl)NN2)c(OC)c1. The first-order valence-corrected chi connectivity index (χ1v) is 6.56. The van der Waals surface area contributed by atoms with Crippen LogP contribution in [0, 0.1) is 0 Å². The first kappa shape index (κ1) is 14.4. The molecule has 1 aliphatic rings. The summed E-state index contributed by atoms with van der Waals surface area (Å²) in [6, 6.07) is 5.74. The van der Waals surface area contributed by atoms with Gasteiger partial charge in [-0.15, -0.1) is 0 Å². The Balaban J connectivity index is 2.09. The standard InChI is InChI=1S/C14H18ClN3O2/c1-9-6-13(15)17-18-14(9)16-8-10-4-5-11(19-2)7-12(10)20-3/h4-7,16-18H,8H2,1-3H3. The molecule has 108 valence electrons. The summed E-state index contributed by atoms with van der Waals surface area (Å²) in [5.74, 6) is 2.44. The third kappa shape index (κ3) is 3.30. The second-order valence-electron chi connectivity index (χ2n) is 4.33. The maximum atomic E-state index is 5.87. The number of rotatable bonds is 5. The molecular weight excluding hydrogens is 278 g/mol. The van der Waals surface area contributed by atoms with Crippen molar-refractivity contribution in [2.45, 2.75) is 13.5 Å². The summed E-state index contributed by atoms with van der Waals surface area (Å²) in [7, 11) is 3.28. The molecule has 1 aliphatic heterocycles. The number of halogens is 1. The molecule has 3 N–H and O–H groups in total. The normalized spacial score (nSPS) is 14.1. The molecule has 1 heterocycles. The average molecular weight is 296 g/mol. The molecule has 20 heavy (non-hydrogen) atoms. The molecule has 6 heteroatoms. The molecule has 0 aliphatic carbocycles. The fraction of sp³-hybridized carbons (Fsp3) is 0.286. The lowest BCUT2D eigenvalue weighted by atomic mass is 10.2. The van der Waals surface area contributed by atoms with E-state index in [9.17, 15) is 0 Å². The Hall–Kier alpha value is -2.01. The largest absolute Gasteiger partial charge is 0.497 e. The zero-order chi connectivity index (χ0) is 14.5. The lowest BCUT2D eigenvalue weighted by Crippen LogP contribution is -2.38. The van der Waals surface area contributed by atoms with E-state index in [0.29, 0.717) is 11.7 Å². The zero-order valence-electron chi connectivity index (χ0n) is 11.7. The van der Waals surface area contributed by atoms with Gasteiger partial charge in [-0.3, -0.25) is 10.9 Å². The van der Waals surface area contributed by atoms with Gasteiger partial charge in [0, 0.05) is 18.2 Å². The number of hydrogen-bond acceptors (Lipinski definition) is 5. The van der Waals surface area contributed by atoms with Gasteiger partial charge in [0.25, 0.3) is 0 Å². The summed E-state index contributed by atoms with van der Waals surface area (Å²) in [5, 5.41) is 3.87. The Morgan fingerprint density at radius 2 is 2.00 bits per heavy atom. The van der Waals surface area contributed by atoms with Crippen molar-refractivity contribution in [1.29, 1.82) is 0 Å². The predicted octanol–water partition coefficient (Wildman–Crippen LogP) is 2.21. The quantitative estimate of drug-likeness (QED) is 0.727. The number of ether oxygens (including phenoxy) is 2. The summed E-state index contributed by atoms with van der Waals surface area (Å²) in [6.45, 7) is 2.60. The third-order valence-corrected chi connectivity index (χ3v) is 3.20. The molecule has 0 saturated carbocycles. The van der Waals surface area contributed by atoms with Gasteiger partial charge in [0.15, 0.2) is 0 Å². The first-order chi connectivity index (χ1) is 9.63. The predicted molar refractivity (Wildman–Crippen MR) is 79.3 cm³/mol. The van der Waals surface area contributed by atoms with Gasteiger partial charge in [0.2, 0.25) is 0 Å². The summed E-state index contributed by atoms with van der Waals surface area (Å²) < 4.78 is 10.5. The van der Waals surface area contributed by atoms with E-state index in [4.69, 9.17) is 21.1 Å². The van der Waals surface area contributed by atoms with Gasteiger partial charge in [-0.2, -0.15) is 0 Å². The Morgan fingerprint density at radius 3 is 2.65 bits per heavy atom. The van der Waals surface area contributed by atoms with Crippen LogP contribution >= 0.6 is 11.6 Å². The highest BCUT2D eigenvalue weighted by Gasteiger charge is 2.09. The van der Waals surface area contributed by atoms with Crippen LogP contribution in [0.3, 0.4) is 0 Å². The Kier molecular flexibility index (Phi) is 4.63. The molecule has 0 radical (unpaired) electrons. The van der Waals surface area contributed by atoms with Gasteiger partial charge >= 0.3 is 0 Å². The number of nitrogens with one attached hydrogen (secondary N) is 3. The fourth-order valence-electron chi connectivity index (χ4n) is 1.88. The first-order valence-electron chi connectivity index (χ1n) is 6.19. The van der Waals surface area contributed by atoms with Gasteiger partial charge in [-0.05, 0) is 30.7 Å². The molecule has 0 spiro atoms. The molecule has 0 aromatic heterocycles. The van der Waals surface area contributed by atoms with Crippen LogP contribution in [-0.2, 0) is 6.54 Å². The molecule has 0 amide bonds. The minimum absolute atomic E-state index is 0.565. The lowest BCUT2D eigenvalue weighted by Gasteiger charge is -2.21. The van der Waals surface area contributed by atoms with Crippen LogP contribution in [0.4, 0.5) is 0 Å². The molecule has 0 atom stereocenters. The van der Waals surface area contributed by atoms with E-state index in [1.54, 1.807) is 14.2 Å². The van der Waals surface area contributed by atoms with E-state index in [2.05, 4.69) is 16.2 Å². The molecule has 5 nitrogen and oxygen atoms in total. The van der Waals surface area contributed by atoms with Crippen molar-refractivity contribution < 1.29 is 9.47 Å². The minimum atomic E-state index is 0.565. The maximum Gasteiger partial charge on any atom is 0.127 e. The number of hydrazine groups is 1. The van der Waals surface area contributed by atoms with Crippen LogP contribution in [0.5, 0.6) is 11.5 Å². The summed E-state index contributed by atoms with van der Waals surface area (Å²) in [4.78, 5) is 0. The maximum absolute atomic E-state index is 5.87. The van der Waals surface area contributed by atoms with Crippen LogP contribution in [0.1, 0.15) is 12.5 Å². The molecular formula is C14H18ClN3O2. The van der Waals surface area contributed by atoms with Crippen LogP contribution in [0.2, 0.25) is 0 Å². The van der Waals surface area contributed by atoms with Gasteiger partial charge in [0.1, 0.15) is 22.5 Å². The fourth-order valence-corrected chi connectivity index (χ4v) is 2.10. The minimum Gasteiger partial charge on any atom is -0.497 e. The number of allylic oxidation sites excluding steroid dienone is 2. The molecule has 0 fully saturated rings. The van der Waals surface area contributed by atoms with Crippen LogP contribution < -0.4 is 25.6 Å². The highest BCUT2D eigenvalue weighted by molar-refractivity contribution is 6.29. The van der Waals surface area contributed by atoms with Gasteiger partial charge in [0.05, 0.1) is 14.2 Å². The van der Waals surface area contributed by atoms with Gasteiger partial charge in [-0.1, -0.05) is 11.6 Å². The zero-order valence-corrected chi connectivity index (χ0v) is 12.5. The van der Waals surface area contributed by atoms with E-state index in [1.807, 2.05) is 31.2 Å². The molecule has 0 unspecified atom stereocenters. The van der Waals surface area contributed by atoms with Crippen molar-refractivity contribution in [3.05, 3.63) is 46.4 Å². The molecule has 0 saturated heterocycles. The third-order valence-electron chi connectivity index (χ3n) is 2.99. The van der Waals surface area contributed by atoms with Crippen molar-refractivity contribution in [2.24, 2.45) is 0 Å². The van der Waals surface area contributed by atoms with Gasteiger partial charge < -0.3 is 14.8 Å². The molecule has 1 aromatic carbocycles. The van der Waals surface area contributed by atoms with Crippen molar-refractivity contribution in [3.8, 4) is 11.5 Å². The Bertz CT molecular complexity index is 555. The summed E-state index contributed by atoms with van der Waals surface area (Å²) >= 11 is 5.87. The van der Waals surface area contributed by atoms with E-state index >= 15 is 0 Å². The van der Waals surface area contributed by atoms with Crippen LogP contribution in [0.15, 0.2) is 40.8 Å². The van der Waals surface area contributed by atoms with Crippen molar-refractivity contribution in [3.63, 3.8) is 0 Å². The second kappa shape index (κ2) is 6.43. The summed E-state index contributed by atoms with van der Waals surface area (Å²) in [6.07, 6.45) is 1.85. The van der Waals surface area contributed by atoms with Crippen molar-refractivity contribution in [1.82, 2.24) is 16.2 Å². The second-order valence-corrected chi connectivity index (χ2v) is 4.74. The number of hydrogen-bond donors (Lipinski definition) is 3. The Morgan fingerprint density at radius 1 is 1.20 bits per heavy atom.